The highest BCUT2D eigenvalue weighted by molar-refractivity contribution is 7.91. The number of pyridine rings is 1. The van der Waals surface area contributed by atoms with Crippen LogP contribution in [0.25, 0.3) is 10.9 Å². The fourth-order valence-electron chi connectivity index (χ4n) is 2.42. The minimum atomic E-state index is -3.62. The number of sulfonamides is 1. The van der Waals surface area contributed by atoms with E-state index in [4.69, 9.17) is 0 Å². The first-order valence-electron chi connectivity index (χ1n) is 7.03. The van der Waals surface area contributed by atoms with Crippen LogP contribution in [-0.4, -0.2) is 13.4 Å². The zero-order valence-corrected chi connectivity index (χ0v) is 13.3. The minimum absolute atomic E-state index is 0.227. The van der Waals surface area contributed by atoms with Gasteiger partial charge in [0.1, 0.15) is 5.82 Å². The summed E-state index contributed by atoms with van der Waals surface area (Å²) >= 11 is 0. The number of nitrogens with one attached hydrogen (secondary N) is 1. The van der Waals surface area contributed by atoms with Gasteiger partial charge in [-0.1, -0.05) is 18.2 Å². The molecule has 23 heavy (non-hydrogen) atoms. The van der Waals surface area contributed by atoms with E-state index in [1.165, 1.54) is 24.3 Å². The summed E-state index contributed by atoms with van der Waals surface area (Å²) < 4.78 is 40.2. The monoisotopic (exact) mass is 330 g/mol. The quantitative estimate of drug-likeness (QED) is 0.795. The van der Waals surface area contributed by atoms with Crippen LogP contribution in [0.1, 0.15) is 11.1 Å². The summed E-state index contributed by atoms with van der Waals surface area (Å²) in [7, 11) is -3.62. The van der Waals surface area contributed by atoms with Gasteiger partial charge in [-0.3, -0.25) is 9.71 Å². The van der Waals surface area contributed by atoms with E-state index in [9.17, 15) is 12.8 Å². The fraction of sp³-hybridized carbons (Fsp3) is 0.118. The van der Waals surface area contributed by atoms with E-state index in [0.29, 0.717) is 16.8 Å². The molecule has 0 spiro atoms. The molecule has 0 bridgehead atoms. The molecule has 0 amide bonds. The number of fused-ring (bicyclic) bond motifs is 1. The second-order valence-electron chi connectivity index (χ2n) is 5.38. The Morgan fingerprint density at radius 3 is 2.61 bits per heavy atom. The molecule has 1 heterocycles. The molecular weight excluding hydrogens is 315 g/mol. The Bertz CT molecular complexity index is 954. The maximum Gasteiger partial charge on any atom is 0.236 e. The second-order valence-corrected chi connectivity index (χ2v) is 7.10. The second kappa shape index (κ2) is 5.96. The van der Waals surface area contributed by atoms with Crippen LogP contribution < -0.4 is 4.72 Å². The third-order valence-corrected chi connectivity index (χ3v) is 4.63. The molecule has 2 aromatic carbocycles. The molecule has 0 saturated carbocycles. The summed E-state index contributed by atoms with van der Waals surface area (Å²) in [6.07, 6.45) is 1.62. The zero-order valence-electron chi connectivity index (χ0n) is 12.5. The van der Waals surface area contributed by atoms with Crippen molar-refractivity contribution >= 4 is 26.6 Å². The molecule has 1 aromatic heterocycles. The van der Waals surface area contributed by atoms with E-state index in [1.807, 2.05) is 19.1 Å². The minimum Gasteiger partial charge on any atom is -0.281 e. The van der Waals surface area contributed by atoms with Crippen LogP contribution >= 0.6 is 0 Å². The highest BCUT2D eigenvalue weighted by atomic mass is 32.2. The lowest BCUT2D eigenvalue weighted by atomic mass is 10.1. The molecule has 1 N–H and O–H groups in total. The first kappa shape index (κ1) is 15.4. The molecule has 0 unspecified atom stereocenters. The third kappa shape index (κ3) is 3.65. The largest absolute Gasteiger partial charge is 0.281 e. The first-order valence-corrected chi connectivity index (χ1v) is 8.68. The molecular formula is C17H15FN2O2S. The van der Waals surface area contributed by atoms with Crippen LogP contribution in [0, 0.1) is 12.7 Å². The average molecular weight is 330 g/mol. The number of hydrogen-bond donors (Lipinski definition) is 1. The fourth-order valence-corrected chi connectivity index (χ4v) is 3.62. The Morgan fingerprint density at radius 2 is 1.87 bits per heavy atom. The van der Waals surface area contributed by atoms with Gasteiger partial charge in [0, 0.05) is 11.6 Å². The van der Waals surface area contributed by atoms with Crippen molar-refractivity contribution in [1.82, 2.24) is 4.98 Å². The number of hydrogen-bond acceptors (Lipinski definition) is 3. The zero-order chi connectivity index (χ0) is 16.4. The van der Waals surface area contributed by atoms with Crippen LogP contribution in [0.3, 0.4) is 0 Å². The molecule has 0 fully saturated rings. The smallest absolute Gasteiger partial charge is 0.236 e. The van der Waals surface area contributed by atoms with Gasteiger partial charge >= 0.3 is 0 Å². The average Bonchev–Trinajstić information content (AvgIpc) is 2.49. The Morgan fingerprint density at radius 1 is 1.13 bits per heavy atom. The van der Waals surface area contributed by atoms with Crippen molar-refractivity contribution in [2.45, 2.75) is 12.7 Å². The van der Waals surface area contributed by atoms with E-state index in [2.05, 4.69) is 9.71 Å². The van der Waals surface area contributed by atoms with Crippen LogP contribution in [0.5, 0.6) is 0 Å². The molecule has 6 heteroatoms. The number of anilines is 1. The number of benzene rings is 2. The van der Waals surface area contributed by atoms with Gasteiger partial charge < -0.3 is 0 Å². The highest BCUT2D eigenvalue weighted by Crippen LogP contribution is 2.24. The van der Waals surface area contributed by atoms with Gasteiger partial charge in [0.25, 0.3) is 0 Å². The van der Waals surface area contributed by atoms with Gasteiger partial charge in [0.15, 0.2) is 0 Å². The Balaban J connectivity index is 1.93. The van der Waals surface area contributed by atoms with Gasteiger partial charge in [-0.15, -0.1) is 0 Å². The van der Waals surface area contributed by atoms with Crippen molar-refractivity contribution < 1.29 is 12.8 Å². The van der Waals surface area contributed by atoms with Crippen LogP contribution in [0.2, 0.25) is 0 Å². The summed E-state index contributed by atoms with van der Waals surface area (Å²) in [6, 6.07) is 12.8. The predicted molar refractivity (Wildman–Crippen MR) is 89.1 cm³/mol. The normalized spacial score (nSPS) is 11.6. The maximum atomic E-state index is 12.9. The predicted octanol–water partition coefficient (Wildman–Crippen LogP) is 3.62. The molecule has 0 aliphatic carbocycles. The van der Waals surface area contributed by atoms with Crippen LogP contribution in [0.15, 0.2) is 54.7 Å². The summed E-state index contributed by atoms with van der Waals surface area (Å²) in [4.78, 5) is 4.25. The van der Waals surface area contributed by atoms with E-state index < -0.39 is 15.8 Å². The Labute approximate surface area is 134 Å². The summed E-state index contributed by atoms with van der Waals surface area (Å²) in [6.45, 7) is 1.89. The van der Waals surface area contributed by atoms with Gasteiger partial charge in [-0.2, -0.15) is 0 Å². The first-order chi connectivity index (χ1) is 10.9. The molecule has 0 aliphatic rings. The number of aromatic nitrogens is 1. The molecule has 0 radical (unpaired) electrons. The lowest BCUT2D eigenvalue weighted by molar-refractivity contribution is 0.600. The van der Waals surface area contributed by atoms with Crippen molar-refractivity contribution in [3.05, 3.63) is 71.7 Å². The van der Waals surface area contributed by atoms with Gasteiger partial charge in [0.2, 0.25) is 10.0 Å². The molecule has 0 saturated heterocycles. The standard InChI is InChI=1S/C17H15FN2O2S/c1-12-9-14-3-2-8-19-17(14)16(10-12)20-23(21,22)11-13-4-6-15(18)7-5-13/h2-10,20H,11H2,1H3. The van der Waals surface area contributed by atoms with Crippen molar-refractivity contribution in [3.8, 4) is 0 Å². The molecule has 4 nitrogen and oxygen atoms in total. The SMILES string of the molecule is Cc1cc(NS(=O)(=O)Cc2ccc(F)cc2)c2ncccc2c1. The summed E-state index contributed by atoms with van der Waals surface area (Å²) in [5, 5.41) is 0.868. The van der Waals surface area contributed by atoms with Gasteiger partial charge in [-0.05, 0) is 48.4 Å². The molecule has 0 atom stereocenters. The van der Waals surface area contributed by atoms with Crippen molar-refractivity contribution in [2.75, 3.05) is 4.72 Å². The molecule has 3 aromatic rings. The van der Waals surface area contributed by atoms with E-state index in [1.54, 1.807) is 18.3 Å². The van der Waals surface area contributed by atoms with Crippen molar-refractivity contribution in [1.29, 1.82) is 0 Å². The Kier molecular flexibility index (Phi) is 4.00. The maximum absolute atomic E-state index is 12.9. The molecule has 0 aliphatic heterocycles. The van der Waals surface area contributed by atoms with Crippen molar-refractivity contribution in [3.63, 3.8) is 0 Å². The highest BCUT2D eigenvalue weighted by Gasteiger charge is 2.14. The number of aryl methyl sites for hydroxylation is 1. The number of halogens is 1. The number of rotatable bonds is 4. The lowest BCUT2D eigenvalue weighted by Gasteiger charge is -2.11. The lowest BCUT2D eigenvalue weighted by Crippen LogP contribution is -2.15. The Hall–Kier alpha value is -2.47. The van der Waals surface area contributed by atoms with E-state index in [0.717, 1.165) is 10.9 Å². The number of nitrogens with zero attached hydrogens (tertiary/aromatic N) is 1. The topological polar surface area (TPSA) is 59.1 Å². The van der Waals surface area contributed by atoms with E-state index in [-0.39, 0.29) is 5.75 Å². The van der Waals surface area contributed by atoms with Crippen LogP contribution in [-0.2, 0) is 15.8 Å². The summed E-state index contributed by atoms with van der Waals surface area (Å²) in [5.41, 5.74) is 2.50. The molecule has 3 rings (SSSR count). The van der Waals surface area contributed by atoms with E-state index >= 15 is 0 Å². The van der Waals surface area contributed by atoms with Crippen LogP contribution in [0.4, 0.5) is 10.1 Å². The molecule has 118 valence electrons. The van der Waals surface area contributed by atoms with Gasteiger partial charge in [-0.25, -0.2) is 12.8 Å². The van der Waals surface area contributed by atoms with Crippen molar-refractivity contribution in [2.24, 2.45) is 0 Å². The third-order valence-electron chi connectivity index (χ3n) is 3.38. The summed E-state index contributed by atoms with van der Waals surface area (Å²) in [5.74, 6) is -0.622. The van der Waals surface area contributed by atoms with Gasteiger partial charge in [0.05, 0.1) is 17.0 Å².